The molecule has 0 spiro atoms. The zero-order valence-corrected chi connectivity index (χ0v) is 6.44. The third kappa shape index (κ3) is 1.00. The maximum Gasteiger partial charge on any atom is 0.149 e. The van der Waals surface area contributed by atoms with Gasteiger partial charge in [0.1, 0.15) is 6.17 Å². The Morgan fingerprint density at radius 3 is 2.45 bits per heavy atom. The first-order chi connectivity index (χ1) is 5.38. The van der Waals surface area contributed by atoms with E-state index in [1.807, 2.05) is 31.6 Å². The number of rotatable bonds is 1. The summed E-state index contributed by atoms with van der Waals surface area (Å²) in [5.74, 6) is 0. The van der Waals surface area contributed by atoms with Gasteiger partial charge in [0.2, 0.25) is 0 Å². The summed E-state index contributed by atoms with van der Waals surface area (Å²) in [4.78, 5) is 6.31. The average Bonchev–Trinajstić information content (AvgIpc) is 2.04. The van der Waals surface area contributed by atoms with E-state index in [-0.39, 0.29) is 6.17 Å². The van der Waals surface area contributed by atoms with Gasteiger partial charge in [-0.15, -0.1) is 0 Å². The van der Waals surface area contributed by atoms with Crippen LogP contribution < -0.4 is 0 Å². The van der Waals surface area contributed by atoms with Gasteiger partial charge in [-0.1, -0.05) is 30.3 Å². The summed E-state index contributed by atoms with van der Waals surface area (Å²) in [6.45, 7) is 0. The molecule has 0 N–H and O–H groups in total. The second kappa shape index (κ2) is 2.38. The van der Waals surface area contributed by atoms with E-state index in [2.05, 4.69) is 22.0 Å². The molecule has 0 aromatic heterocycles. The van der Waals surface area contributed by atoms with E-state index in [0.717, 1.165) is 0 Å². The topological polar surface area (TPSA) is 15.6 Å². The average molecular weight is 146 g/mol. The summed E-state index contributed by atoms with van der Waals surface area (Å²) in [6, 6.07) is 10.3. The molecule has 0 amide bonds. The van der Waals surface area contributed by atoms with E-state index in [1.54, 1.807) is 0 Å². The molecule has 0 fully saturated rings. The van der Waals surface area contributed by atoms with E-state index in [4.69, 9.17) is 0 Å². The molecule has 56 valence electrons. The molecule has 2 rings (SSSR count). The van der Waals surface area contributed by atoms with Gasteiger partial charge in [0, 0.05) is 7.05 Å². The van der Waals surface area contributed by atoms with Gasteiger partial charge in [-0.3, -0.25) is 0 Å². The maximum atomic E-state index is 4.22. The van der Waals surface area contributed by atoms with Crippen LogP contribution in [0.4, 0.5) is 0 Å². The minimum absolute atomic E-state index is 0.260. The number of aliphatic imine (C=N–C) groups is 1. The van der Waals surface area contributed by atoms with Crippen LogP contribution in [0.15, 0.2) is 35.3 Å². The highest BCUT2D eigenvalue weighted by molar-refractivity contribution is 5.61. The van der Waals surface area contributed by atoms with E-state index in [0.29, 0.717) is 0 Å². The summed E-state index contributed by atoms with van der Waals surface area (Å²) >= 11 is 0. The van der Waals surface area contributed by atoms with Crippen molar-refractivity contribution in [1.29, 1.82) is 0 Å². The van der Waals surface area contributed by atoms with Gasteiger partial charge in [-0.25, -0.2) is 4.99 Å². The predicted octanol–water partition coefficient (Wildman–Crippen LogP) is 1.66. The van der Waals surface area contributed by atoms with E-state index >= 15 is 0 Å². The fraction of sp³-hybridized carbons (Fsp3) is 0.222. The van der Waals surface area contributed by atoms with Crippen LogP contribution in [0, 0.1) is 0 Å². The Bertz CT molecular complexity index is 266. The van der Waals surface area contributed by atoms with Crippen molar-refractivity contribution >= 4 is 6.34 Å². The van der Waals surface area contributed by atoms with E-state index < -0.39 is 0 Å². The summed E-state index contributed by atoms with van der Waals surface area (Å²) in [6.07, 6.45) is 2.11. The van der Waals surface area contributed by atoms with Crippen LogP contribution in [0.2, 0.25) is 0 Å². The van der Waals surface area contributed by atoms with Gasteiger partial charge in [-0.2, -0.15) is 0 Å². The van der Waals surface area contributed by atoms with Gasteiger partial charge in [0.15, 0.2) is 0 Å². The van der Waals surface area contributed by atoms with Crippen LogP contribution in [-0.4, -0.2) is 18.3 Å². The Morgan fingerprint density at radius 2 is 2.00 bits per heavy atom. The summed E-state index contributed by atoms with van der Waals surface area (Å²) in [7, 11) is 2.03. The second-order valence-electron chi connectivity index (χ2n) is 2.71. The third-order valence-corrected chi connectivity index (χ3v) is 1.87. The lowest BCUT2D eigenvalue weighted by Gasteiger charge is -2.30. The standard InChI is InChI=1S/C9H10N2/c1-11-7-10-9(11)8-5-3-2-4-6-8/h2-7,9H,1H3. The van der Waals surface area contributed by atoms with Crippen LogP contribution in [-0.2, 0) is 0 Å². The second-order valence-corrected chi connectivity index (χ2v) is 2.71. The van der Waals surface area contributed by atoms with Crippen LogP contribution in [0.25, 0.3) is 0 Å². The van der Waals surface area contributed by atoms with Crippen molar-refractivity contribution in [3.63, 3.8) is 0 Å². The molecule has 0 saturated heterocycles. The van der Waals surface area contributed by atoms with E-state index in [1.165, 1.54) is 5.56 Å². The Hall–Kier alpha value is -1.31. The quantitative estimate of drug-likeness (QED) is 0.588. The molecule has 11 heavy (non-hydrogen) atoms. The van der Waals surface area contributed by atoms with Crippen molar-refractivity contribution in [1.82, 2.24) is 4.90 Å². The zero-order chi connectivity index (χ0) is 7.68. The maximum absolute atomic E-state index is 4.22. The zero-order valence-electron chi connectivity index (χ0n) is 6.44. The molecule has 1 aliphatic rings. The lowest BCUT2D eigenvalue weighted by molar-refractivity contribution is 0.345. The van der Waals surface area contributed by atoms with Crippen molar-refractivity contribution in [2.75, 3.05) is 7.05 Å². The SMILES string of the molecule is CN1C=NC1c1ccccc1. The van der Waals surface area contributed by atoms with Crippen molar-refractivity contribution < 1.29 is 0 Å². The minimum atomic E-state index is 0.260. The molecule has 1 heterocycles. The minimum Gasteiger partial charge on any atom is -0.340 e. The number of nitrogens with zero attached hydrogens (tertiary/aromatic N) is 2. The first-order valence-electron chi connectivity index (χ1n) is 3.68. The number of benzene rings is 1. The molecular weight excluding hydrogens is 136 g/mol. The van der Waals surface area contributed by atoms with Crippen LogP contribution in [0.3, 0.4) is 0 Å². The monoisotopic (exact) mass is 146 g/mol. The van der Waals surface area contributed by atoms with Crippen LogP contribution in [0.1, 0.15) is 11.7 Å². The first-order valence-corrected chi connectivity index (χ1v) is 3.68. The largest absolute Gasteiger partial charge is 0.340 e. The normalized spacial score (nSPS) is 21.5. The molecule has 2 nitrogen and oxygen atoms in total. The Labute approximate surface area is 66.2 Å². The highest BCUT2D eigenvalue weighted by Gasteiger charge is 2.18. The fourth-order valence-electron chi connectivity index (χ4n) is 1.21. The lowest BCUT2D eigenvalue weighted by Crippen LogP contribution is -2.29. The molecule has 0 saturated carbocycles. The highest BCUT2D eigenvalue weighted by atomic mass is 15.3. The summed E-state index contributed by atoms with van der Waals surface area (Å²) in [5, 5.41) is 0. The molecule has 1 unspecified atom stereocenters. The number of hydrogen-bond donors (Lipinski definition) is 0. The van der Waals surface area contributed by atoms with Crippen LogP contribution >= 0.6 is 0 Å². The van der Waals surface area contributed by atoms with E-state index in [9.17, 15) is 0 Å². The Balaban J connectivity index is 2.25. The molecule has 0 radical (unpaired) electrons. The van der Waals surface area contributed by atoms with Gasteiger partial charge in [0.05, 0.1) is 6.34 Å². The molecule has 0 bridgehead atoms. The van der Waals surface area contributed by atoms with Crippen molar-refractivity contribution in [3.05, 3.63) is 35.9 Å². The van der Waals surface area contributed by atoms with Gasteiger partial charge >= 0.3 is 0 Å². The predicted molar refractivity (Wildman–Crippen MR) is 45.4 cm³/mol. The Morgan fingerprint density at radius 1 is 1.27 bits per heavy atom. The summed E-state index contributed by atoms with van der Waals surface area (Å²) in [5.41, 5.74) is 1.26. The summed E-state index contributed by atoms with van der Waals surface area (Å²) < 4.78 is 0. The molecule has 2 heteroatoms. The smallest absolute Gasteiger partial charge is 0.149 e. The van der Waals surface area contributed by atoms with Crippen molar-refractivity contribution in [3.8, 4) is 0 Å². The Kier molecular flexibility index (Phi) is 1.39. The van der Waals surface area contributed by atoms with Crippen molar-refractivity contribution in [2.45, 2.75) is 6.17 Å². The first kappa shape index (κ1) is 6.40. The number of hydrogen-bond acceptors (Lipinski definition) is 2. The van der Waals surface area contributed by atoms with Crippen molar-refractivity contribution in [2.24, 2.45) is 4.99 Å². The van der Waals surface area contributed by atoms with Crippen LogP contribution in [0.5, 0.6) is 0 Å². The molecule has 1 atom stereocenters. The molecule has 1 aromatic carbocycles. The molecular formula is C9H10N2. The lowest BCUT2D eigenvalue weighted by atomic mass is 10.1. The van der Waals surface area contributed by atoms with Gasteiger partial charge in [0.25, 0.3) is 0 Å². The van der Waals surface area contributed by atoms with Gasteiger partial charge in [-0.05, 0) is 5.56 Å². The molecule has 1 aliphatic heterocycles. The molecule has 0 aliphatic carbocycles. The molecule has 1 aromatic rings. The third-order valence-electron chi connectivity index (χ3n) is 1.87. The highest BCUT2D eigenvalue weighted by Crippen LogP contribution is 2.24. The fourth-order valence-corrected chi connectivity index (χ4v) is 1.21. The van der Waals surface area contributed by atoms with Gasteiger partial charge < -0.3 is 4.90 Å².